The summed E-state index contributed by atoms with van der Waals surface area (Å²) in [6.45, 7) is 0. The number of benzene rings is 1. The Morgan fingerprint density at radius 1 is 1.43 bits per heavy atom. The fraction of sp³-hybridized carbons (Fsp3) is 0.143. The molecule has 0 aliphatic rings. The number of halogens is 1. The summed E-state index contributed by atoms with van der Waals surface area (Å²) in [6.07, 6.45) is 0. The number of fused-ring (bicyclic) bond motifs is 3. The molecule has 3 aromatic rings. The molecule has 0 aliphatic carbocycles. The lowest BCUT2D eigenvalue weighted by Gasteiger charge is -2.12. The van der Waals surface area contributed by atoms with Crippen molar-refractivity contribution in [1.82, 2.24) is 10.7 Å². The first-order chi connectivity index (χ1) is 9.90. The summed E-state index contributed by atoms with van der Waals surface area (Å²) in [4.78, 5) is 17.0. The average Bonchev–Trinajstić information content (AvgIpc) is 2.81. The van der Waals surface area contributed by atoms with Crippen LogP contribution in [-0.2, 0) is 0 Å². The monoisotopic (exact) mass is 320 g/mol. The molecule has 107 valence electrons. The molecule has 1 aromatic carbocycles. The summed E-state index contributed by atoms with van der Waals surface area (Å²) in [5.41, 5.74) is 7.82. The zero-order valence-electron chi connectivity index (χ0n) is 11.3. The summed E-state index contributed by atoms with van der Waals surface area (Å²) in [6, 6.07) is 5.86. The Balaban J connectivity index is 2.45. The number of hydrogen-bond acceptors (Lipinski definition) is 5. The fourth-order valence-corrected chi connectivity index (χ4v) is 3.67. The highest BCUT2D eigenvalue weighted by molar-refractivity contribution is 7.26. The minimum Gasteiger partial charge on any atom is -0.504 e. The van der Waals surface area contributed by atoms with E-state index in [9.17, 15) is 9.90 Å². The molecule has 21 heavy (non-hydrogen) atoms. The number of carbonyl (C=O) groups is 1. The van der Waals surface area contributed by atoms with Crippen molar-refractivity contribution in [3.63, 3.8) is 0 Å². The molecule has 5 nitrogen and oxygen atoms in total. The highest BCUT2D eigenvalue weighted by atomic mass is 35.5. The number of hydrogen-bond donors (Lipinski definition) is 1. The number of aromatic hydroxyl groups is 1. The van der Waals surface area contributed by atoms with Crippen molar-refractivity contribution in [2.24, 2.45) is 0 Å². The van der Waals surface area contributed by atoms with Gasteiger partial charge in [0.2, 0.25) is 0 Å². The van der Waals surface area contributed by atoms with Gasteiger partial charge in [0.25, 0.3) is 5.91 Å². The Kier molecular flexibility index (Phi) is 3.15. The quantitative estimate of drug-likeness (QED) is 0.735. The largest absolute Gasteiger partial charge is 0.504 e. The van der Waals surface area contributed by atoms with Crippen LogP contribution in [-0.4, -0.2) is 30.1 Å². The molecule has 0 fully saturated rings. The molecule has 0 saturated carbocycles. The standard InChI is InChI=1S/C14H11ClN3O2S/c1-18(2)6-3-4-8-7(5-6)9-12(21-8)11(19)10(14(16)20)17-13(9)15/h3-5,16,19H,1-2H3. The molecule has 0 saturated heterocycles. The molecule has 2 heterocycles. The van der Waals surface area contributed by atoms with Crippen molar-refractivity contribution in [1.29, 1.82) is 0 Å². The molecule has 1 radical (unpaired) electrons. The molecule has 0 spiro atoms. The second kappa shape index (κ2) is 4.75. The maximum Gasteiger partial charge on any atom is 0.292 e. The van der Waals surface area contributed by atoms with Gasteiger partial charge in [-0.1, -0.05) is 11.6 Å². The zero-order chi connectivity index (χ0) is 15.3. The summed E-state index contributed by atoms with van der Waals surface area (Å²) < 4.78 is 1.42. The van der Waals surface area contributed by atoms with E-state index < -0.39 is 5.91 Å². The molecular weight excluding hydrogens is 310 g/mol. The second-order valence-electron chi connectivity index (χ2n) is 4.81. The van der Waals surface area contributed by atoms with Gasteiger partial charge >= 0.3 is 0 Å². The number of nitrogens with one attached hydrogen (secondary N) is 1. The van der Waals surface area contributed by atoms with Gasteiger partial charge in [0.05, 0.1) is 4.70 Å². The molecule has 7 heteroatoms. The molecule has 0 atom stereocenters. The predicted octanol–water partition coefficient (Wildman–Crippen LogP) is 3.30. The van der Waals surface area contributed by atoms with Gasteiger partial charge in [0.1, 0.15) is 5.15 Å². The zero-order valence-corrected chi connectivity index (χ0v) is 12.8. The van der Waals surface area contributed by atoms with Crippen LogP contribution < -0.4 is 10.6 Å². The lowest BCUT2D eigenvalue weighted by molar-refractivity contribution is 0.0985. The van der Waals surface area contributed by atoms with Crippen LogP contribution in [0.15, 0.2) is 18.2 Å². The summed E-state index contributed by atoms with van der Waals surface area (Å²) >= 11 is 7.49. The molecule has 0 bridgehead atoms. The molecular formula is C14H11ClN3O2S. The summed E-state index contributed by atoms with van der Waals surface area (Å²) in [5, 5.41) is 11.8. The Morgan fingerprint density at radius 2 is 2.14 bits per heavy atom. The van der Waals surface area contributed by atoms with Crippen molar-refractivity contribution < 1.29 is 9.90 Å². The predicted molar refractivity (Wildman–Crippen MR) is 85.6 cm³/mol. The van der Waals surface area contributed by atoms with Crippen LogP contribution >= 0.6 is 22.9 Å². The van der Waals surface area contributed by atoms with Gasteiger partial charge in [-0.3, -0.25) is 10.5 Å². The van der Waals surface area contributed by atoms with Gasteiger partial charge < -0.3 is 10.0 Å². The van der Waals surface area contributed by atoms with Crippen LogP contribution in [0.5, 0.6) is 5.75 Å². The van der Waals surface area contributed by atoms with Gasteiger partial charge in [-0.25, -0.2) is 4.98 Å². The van der Waals surface area contributed by atoms with Gasteiger partial charge in [-0.05, 0) is 18.2 Å². The number of amides is 1. The molecule has 1 amide bonds. The molecule has 2 N–H and O–H groups in total. The van der Waals surface area contributed by atoms with E-state index in [0.717, 1.165) is 15.8 Å². The van der Waals surface area contributed by atoms with E-state index in [1.165, 1.54) is 11.3 Å². The van der Waals surface area contributed by atoms with Crippen molar-refractivity contribution in [2.75, 3.05) is 19.0 Å². The number of aromatic nitrogens is 1. The molecule has 0 aliphatic heterocycles. The second-order valence-corrected chi connectivity index (χ2v) is 6.22. The smallest absolute Gasteiger partial charge is 0.292 e. The normalized spacial score (nSPS) is 11.2. The third kappa shape index (κ3) is 2.07. The SMILES string of the molecule is CN(C)c1ccc2sc3c(O)c(C([NH])=O)nc(Cl)c3c2c1. The molecule has 3 rings (SSSR count). The van der Waals surface area contributed by atoms with Crippen molar-refractivity contribution >= 4 is 54.7 Å². The van der Waals surface area contributed by atoms with Crippen LogP contribution in [0, 0.1) is 0 Å². The number of rotatable bonds is 2. The van der Waals surface area contributed by atoms with Crippen LogP contribution in [0.25, 0.3) is 20.2 Å². The van der Waals surface area contributed by atoms with E-state index in [4.69, 9.17) is 17.3 Å². The topological polar surface area (TPSA) is 77.2 Å². The van der Waals surface area contributed by atoms with Gasteiger partial charge in [-0.15, -0.1) is 11.3 Å². The van der Waals surface area contributed by atoms with E-state index in [0.29, 0.717) is 10.1 Å². The Labute approximate surface area is 129 Å². The van der Waals surface area contributed by atoms with E-state index in [1.54, 1.807) is 0 Å². The maximum atomic E-state index is 11.2. The van der Waals surface area contributed by atoms with Crippen molar-refractivity contribution in [3.05, 3.63) is 29.0 Å². The highest BCUT2D eigenvalue weighted by Gasteiger charge is 2.20. The third-order valence-corrected chi connectivity index (χ3v) is 4.71. The van der Waals surface area contributed by atoms with Crippen LogP contribution in [0.4, 0.5) is 5.69 Å². The fourth-order valence-electron chi connectivity index (χ4n) is 2.21. The van der Waals surface area contributed by atoms with E-state index >= 15 is 0 Å². The summed E-state index contributed by atoms with van der Waals surface area (Å²) in [5.74, 6) is -1.33. The number of anilines is 1. The van der Waals surface area contributed by atoms with Gasteiger partial charge in [0, 0.05) is 35.3 Å². The van der Waals surface area contributed by atoms with Crippen molar-refractivity contribution in [3.8, 4) is 5.75 Å². The van der Waals surface area contributed by atoms with E-state index in [-0.39, 0.29) is 16.6 Å². The third-order valence-electron chi connectivity index (χ3n) is 3.26. The highest BCUT2D eigenvalue weighted by Crippen LogP contribution is 2.43. The first-order valence-electron chi connectivity index (χ1n) is 6.08. The Hall–Kier alpha value is -2.05. The number of pyridine rings is 1. The van der Waals surface area contributed by atoms with Crippen molar-refractivity contribution in [2.45, 2.75) is 0 Å². The average molecular weight is 321 g/mol. The number of thiophene rings is 1. The Bertz CT molecular complexity index is 889. The minimum atomic E-state index is -1.05. The van der Waals surface area contributed by atoms with Crippen LogP contribution in [0.3, 0.4) is 0 Å². The number of carbonyl (C=O) groups excluding carboxylic acids is 1. The molecule has 2 aromatic heterocycles. The minimum absolute atomic E-state index is 0.126. The van der Waals surface area contributed by atoms with Gasteiger partial charge in [0.15, 0.2) is 11.4 Å². The number of nitrogens with zero attached hydrogens (tertiary/aromatic N) is 2. The van der Waals surface area contributed by atoms with Crippen LogP contribution in [0.2, 0.25) is 5.15 Å². The van der Waals surface area contributed by atoms with Gasteiger partial charge in [-0.2, -0.15) is 0 Å². The van der Waals surface area contributed by atoms with E-state index in [1.807, 2.05) is 37.2 Å². The maximum absolute atomic E-state index is 11.2. The Morgan fingerprint density at radius 3 is 2.76 bits per heavy atom. The van der Waals surface area contributed by atoms with Crippen LogP contribution in [0.1, 0.15) is 10.5 Å². The molecule has 0 unspecified atom stereocenters. The first-order valence-corrected chi connectivity index (χ1v) is 7.27. The first kappa shape index (κ1) is 13.9. The lowest BCUT2D eigenvalue weighted by Crippen LogP contribution is -2.07. The van der Waals surface area contributed by atoms with E-state index in [2.05, 4.69) is 4.98 Å². The lowest BCUT2D eigenvalue weighted by atomic mass is 10.1. The summed E-state index contributed by atoms with van der Waals surface area (Å²) in [7, 11) is 3.87.